The highest BCUT2D eigenvalue weighted by molar-refractivity contribution is 14.1. The number of ketones is 2. The first-order valence-corrected chi connectivity index (χ1v) is 11.7. The van der Waals surface area contributed by atoms with Gasteiger partial charge in [-0.2, -0.15) is 0 Å². The Bertz CT molecular complexity index is 996. The average molecular weight is 535 g/mol. The fourth-order valence-corrected chi connectivity index (χ4v) is 6.17. The molecule has 1 N–H and O–H groups in total. The molecule has 0 spiro atoms. The molecule has 2 aliphatic carbocycles. The van der Waals surface area contributed by atoms with Crippen LogP contribution in [0, 0.1) is 14.4 Å². The number of carbonyl (C=O) groups is 2. The Labute approximate surface area is 197 Å². The summed E-state index contributed by atoms with van der Waals surface area (Å²) in [4.78, 5) is 26.8. The van der Waals surface area contributed by atoms with E-state index in [-0.39, 0.29) is 28.3 Å². The summed E-state index contributed by atoms with van der Waals surface area (Å²) >= 11 is 2.23. The van der Waals surface area contributed by atoms with Crippen molar-refractivity contribution in [1.29, 1.82) is 0 Å². The summed E-state index contributed by atoms with van der Waals surface area (Å²) in [5.41, 5.74) is 4.13. The lowest BCUT2D eigenvalue weighted by atomic mass is 9.64. The van der Waals surface area contributed by atoms with Gasteiger partial charge in [0.1, 0.15) is 0 Å². The Morgan fingerprint density at radius 1 is 0.871 bits per heavy atom. The van der Waals surface area contributed by atoms with E-state index in [0.29, 0.717) is 24.3 Å². The smallest absolute Gasteiger partial charge is 0.174 e. The fourth-order valence-electron chi connectivity index (χ4n) is 5.33. The van der Waals surface area contributed by atoms with Crippen LogP contribution in [0.25, 0.3) is 0 Å². The number of methoxy groups -OCH3 is 2. The van der Waals surface area contributed by atoms with E-state index >= 15 is 0 Å². The molecule has 0 saturated carbocycles. The van der Waals surface area contributed by atoms with Crippen LogP contribution in [0.2, 0.25) is 0 Å². The van der Waals surface area contributed by atoms with Gasteiger partial charge < -0.3 is 14.8 Å². The zero-order chi connectivity index (χ0) is 22.7. The van der Waals surface area contributed by atoms with Crippen molar-refractivity contribution < 1.29 is 19.1 Å². The number of hydrogen-bond donors (Lipinski definition) is 1. The summed E-state index contributed by atoms with van der Waals surface area (Å²) in [7, 11) is 3.23. The van der Waals surface area contributed by atoms with Crippen LogP contribution in [0.1, 0.15) is 64.9 Å². The predicted molar refractivity (Wildman–Crippen MR) is 128 cm³/mol. The number of ether oxygens (including phenoxy) is 2. The third-order valence-corrected chi connectivity index (χ3v) is 7.31. The molecule has 1 aromatic rings. The largest absolute Gasteiger partial charge is 0.493 e. The van der Waals surface area contributed by atoms with Gasteiger partial charge in [0, 0.05) is 41.3 Å². The number of rotatable bonds is 3. The zero-order valence-corrected chi connectivity index (χ0v) is 21.2. The van der Waals surface area contributed by atoms with Crippen molar-refractivity contribution in [3.05, 3.63) is 43.8 Å². The fraction of sp³-hybridized carbons (Fsp3) is 0.520. The summed E-state index contributed by atoms with van der Waals surface area (Å²) in [6, 6.07) is 3.94. The van der Waals surface area contributed by atoms with Gasteiger partial charge in [-0.3, -0.25) is 9.59 Å². The maximum absolute atomic E-state index is 13.4. The second kappa shape index (κ2) is 7.64. The van der Waals surface area contributed by atoms with E-state index in [2.05, 4.69) is 55.6 Å². The number of benzene rings is 1. The van der Waals surface area contributed by atoms with Gasteiger partial charge in [-0.1, -0.05) is 27.7 Å². The maximum Gasteiger partial charge on any atom is 0.174 e. The molecule has 3 aliphatic rings. The van der Waals surface area contributed by atoms with E-state index in [9.17, 15) is 9.59 Å². The molecule has 0 saturated heterocycles. The van der Waals surface area contributed by atoms with Gasteiger partial charge in [-0.05, 0) is 64.0 Å². The SMILES string of the molecule is COc1cc(C2C3=C(CC(C)(C)CC3=O)NC3=C2C(=O)CC(C)(C)C3)cc(I)c1OC. The third-order valence-electron chi connectivity index (χ3n) is 6.51. The average Bonchev–Trinajstić information content (AvgIpc) is 2.63. The van der Waals surface area contributed by atoms with E-state index in [0.717, 1.165) is 44.5 Å². The molecule has 0 aromatic heterocycles. The molecule has 0 amide bonds. The molecule has 4 rings (SSSR count). The summed E-state index contributed by atoms with van der Waals surface area (Å²) in [5, 5.41) is 3.55. The molecule has 166 valence electrons. The topological polar surface area (TPSA) is 64.6 Å². The van der Waals surface area contributed by atoms with E-state index < -0.39 is 0 Å². The number of nitrogens with one attached hydrogen (secondary N) is 1. The van der Waals surface area contributed by atoms with Crippen LogP contribution in [0.4, 0.5) is 0 Å². The quantitative estimate of drug-likeness (QED) is 0.534. The van der Waals surface area contributed by atoms with Crippen molar-refractivity contribution in [2.24, 2.45) is 10.8 Å². The number of hydrogen-bond acceptors (Lipinski definition) is 5. The van der Waals surface area contributed by atoms with E-state index in [1.54, 1.807) is 14.2 Å². The maximum atomic E-state index is 13.4. The van der Waals surface area contributed by atoms with Crippen LogP contribution in [0.15, 0.2) is 34.7 Å². The molecule has 0 radical (unpaired) electrons. The number of Topliss-reactive ketones (excluding diaryl/α,β-unsaturated/α-hetero) is 2. The molecule has 0 unspecified atom stereocenters. The second-order valence-electron chi connectivity index (χ2n) is 10.5. The van der Waals surface area contributed by atoms with Crippen molar-refractivity contribution in [3.8, 4) is 11.5 Å². The molecule has 0 atom stereocenters. The minimum atomic E-state index is -0.369. The van der Waals surface area contributed by atoms with Crippen LogP contribution in [0.5, 0.6) is 11.5 Å². The Hall–Kier alpha value is -1.83. The molecule has 1 heterocycles. The molecular formula is C25H30INO4. The van der Waals surface area contributed by atoms with Crippen molar-refractivity contribution in [2.45, 2.75) is 59.3 Å². The van der Waals surface area contributed by atoms with E-state index in [1.807, 2.05) is 12.1 Å². The lowest BCUT2D eigenvalue weighted by Gasteiger charge is -2.44. The van der Waals surface area contributed by atoms with Crippen molar-refractivity contribution in [3.63, 3.8) is 0 Å². The number of halogens is 1. The van der Waals surface area contributed by atoms with Gasteiger partial charge in [0.15, 0.2) is 23.1 Å². The highest BCUT2D eigenvalue weighted by Gasteiger charge is 2.46. The van der Waals surface area contributed by atoms with E-state index in [4.69, 9.17) is 9.47 Å². The monoisotopic (exact) mass is 535 g/mol. The van der Waals surface area contributed by atoms with Crippen LogP contribution in [0.3, 0.4) is 0 Å². The minimum Gasteiger partial charge on any atom is -0.493 e. The molecule has 0 fully saturated rings. The van der Waals surface area contributed by atoms with Crippen molar-refractivity contribution in [1.82, 2.24) is 5.32 Å². The standard InChI is InChI=1S/C25H30INO4/c1-24(2)9-15-21(17(28)11-24)20(13-7-14(26)23(31-6)19(8-13)30-5)22-16(27-15)10-25(3,4)12-18(22)29/h7-8,20,27H,9-12H2,1-6H3. The Morgan fingerprint density at radius 2 is 1.39 bits per heavy atom. The summed E-state index contributed by atoms with van der Waals surface area (Å²) in [6.45, 7) is 8.52. The number of carbonyl (C=O) groups excluding carboxylic acids is 2. The Morgan fingerprint density at radius 3 is 1.84 bits per heavy atom. The highest BCUT2D eigenvalue weighted by Crippen LogP contribution is 2.52. The first kappa shape index (κ1) is 22.4. The first-order valence-electron chi connectivity index (χ1n) is 10.7. The van der Waals surface area contributed by atoms with Crippen LogP contribution in [-0.4, -0.2) is 25.8 Å². The second-order valence-corrected chi connectivity index (χ2v) is 11.6. The number of allylic oxidation sites excluding steroid dienone is 4. The molecule has 6 heteroatoms. The third kappa shape index (κ3) is 3.92. The lowest BCUT2D eigenvalue weighted by Crippen LogP contribution is -2.42. The normalized spacial score (nSPS) is 22.7. The number of dihydropyridines is 1. The predicted octanol–water partition coefficient (Wildman–Crippen LogP) is 5.28. The zero-order valence-electron chi connectivity index (χ0n) is 19.1. The first-order chi connectivity index (χ1) is 14.5. The van der Waals surface area contributed by atoms with Gasteiger partial charge in [0.05, 0.1) is 17.8 Å². The van der Waals surface area contributed by atoms with Gasteiger partial charge in [-0.25, -0.2) is 0 Å². The molecule has 1 aliphatic heterocycles. The van der Waals surface area contributed by atoms with Gasteiger partial charge in [0.2, 0.25) is 0 Å². The van der Waals surface area contributed by atoms with Gasteiger partial charge >= 0.3 is 0 Å². The molecule has 5 nitrogen and oxygen atoms in total. The van der Waals surface area contributed by atoms with E-state index in [1.165, 1.54) is 0 Å². The summed E-state index contributed by atoms with van der Waals surface area (Å²) in [6.07, 6.45) is 2.55. The summed E-state index contributed by atoms with van der Waals surface area (Å²) < 4.78 is 12.0. The Kier molecular flexibility index (Phi) is 5.51. The molecule has 1 aromatic carbocycles. The minimum absolute atomic E-state index is 0.105. The highest BCUT2D eigenvalue weighted by atomic mass is 127. The lowest BCUT2D eigenvalue weighted by molar-refractivity contribution is -0.119. The van der Waals surface area contributed by atoms with Crippen molar-refractivity contribution in [2.75, 3.05) is 14.2 Å². The van der Waals surface area contributed by atoms with Crippen molar-refractivity contribution >= 4 is 34.2 Å². The molecule has 0 bridgehead atoms. The van der Waals surface area contributed by atoms with Crippen LogP contribution < -0.4 is 14.8 Å². The molecule has 31 heavy (non-hydrogen) atoms. The Balaban J connectivity index is 1.95. The van der Waals surface area contributed by atoms with Gasteiger partial charge in [-0.15, -0.1) is 0 Å². The van der Waals surface area contributed by atoms with Crippen LogP contribution in [-0.2, 0) is 9.59 Å². The van der Waals surface area contributed by atoms with Gasteiger partial charge in [0.25, 0.3) is 0 Å². The van der Waals surface area contributed by atoms with Crippen LogP contribution >= 0.6 is 22.6 Å². The summed E-state index contributed by atoms with van der Waals surface area (Å²) in [5.74, 6) is 1.15. The molecular weight excluding hydrogens is 505 g/mol.